The fourth-order valence-corrected chi connectivity index (χ4v) is 6.94. The molecule has 9 heteroatoms. The van der Waals surface area contributed by atoms with Crippen molar-refractivity contribution in [2.75, 3.05) is 25.5 Å². The summed E-state index contributed by atoms with van der Waals surface area (Å²) in [4.78, 5) is 18.8. The van der Waals surface area contributed by atoms with Crippen molar-refractivity contribution in [1.29, 1.82) is 0 Å². The van der Waals surface area contributed by atoms with E-state index in [2.05, 4.69) is 10.3 Å². The van der Waals surface area contributed by atoms with Crippen molar-refractivity contribution in [2.24, 2.45) is 0 Å². The van der Waals surface area contributed by atoms with Crippen LogP contribution in [0.5, 0.6) is 5.75 Å². The minimum Gasteiger partial charge on any atom is -0.495 e. The van der Waals surface area contributed by atoms with E-state index in [9.17, 15) is 13.2 Å². The number of amides is 1. The van der Waals surface area contributed by atoms with Crippen LogP contribution in [0.15, 0.2) is 23.1 Å². The van der Waals surface area contributed by atoms with E-state index in [-0.39, 0.29) is 22.1 Å². The molecule has 7 nitrogen and oxygen atoms in total. The lowest BCUT2D eigenvalue weighted by Crippen LogP contribution is -2.32. The number of hydrogen-bond acceptors (Lipinski definition) is 6. The number of methoxy groups -OCH3 is 1. The van der Waals surface area contributed by atoms with Gasteiger partial charge in [0.25, 0.3) is 5.91 Å². The maximum atomic E-state index is 13.3. The number of fused-ring (bicyclic) bond motifs is 1. The summed E-state index contributed by atoms with van der Waals surface area (Å²) in [7, 11) is -2.30. The first kappa shape index (κ1) is 22.2. The van der Waals surface area contributed by atoms with Crippen LogP contribution < -0.4 is 10.1 Å². The minimum absolute atomic E-state index is 0.0412. The van der Waals surface area contributed by atoms with E-state index in [1.807, 2.05) is 0 Å². The van der Waals surface area contributed by atoms with Crippen molar-refractivity contribution in [3.8, 4) is 5.75 Å². The molecule has 0 saturated carbocycles. The number of anilines is 1. The first-order valence-corrected chi connectivity index (χ1v) is 13.2. The Morgan fingerprint density at radius 1 is 1.06 bits per heavy atom. The first-order chi connectivity index (χ1) is 15.0. The zero-order chi connectivity index (χ0) is 21.8. The average Bonchev–Trinajstić information content (AvgIpc) is 2.97. The molecule has 0 radical (unpaired) electrons. The molecule has 1 aliphatic heterocycles. The van der Waals surface area contributed by atoms with Crippen molar-refractivity contribution in [1.82, 2.24) is 9.29 Å². The molecule has 1 amide bonds. The van der Waals surface area contributed by atoms with Crippen LogP contribution in [0.4, 0.5) is 5.13 Å². The number of sulfonamides is 1. The van der Waals surface area contributed by atoms with E-state index >= 15 is 0 Å². The molecule has 2 aliphatic rings. The second-order valence-electron chi connectivity index (χ2n) is 8.09. The predicted molar refractivity (Wildman–Crippen MR) is 122 cm³/mol. The average molecular weight is 464 g/mol. The van der Waals surface area contributed by atoms with E-state index in [0.717, 1.165) is 57.1 Å². The molecule has 1 fully saturated rings. The smallest absolute Gasteiger partial charge is 0.257 e. The van der Waals surface area contributed by atoms with Gasteiger partial charge in [0.1, 0.15) is 10.6 Å². The topological polar surface area (TPSA) is 88.6 Å². The Bertz CT molecular complexity index is 1020. The highest BCUT2D eigenvalue weighted by atomic mass is 32.2. The lowest BCUT2D eigenvalue weighted by molar-refractivity contribution is 0.102. The normalized spacial score (nSPS) is 18.0. The van der Waals surface area contributed by atoms with Gasteiger partial charge in [-0.1, -0.05) is 19.3 Å². The minimum atomic E-state index is -3.75. The van der Waals surface area contributed by atoms with Crippen molar-refractivity contribution in [3.05, 3.63) is 34.3 Å². The summed E-state index contributed by atoms with van der Waals surface area (Å²) < 4.78 is 33.5. The molecule has 0 spiro atoms. The number of carbonyl (C=O) groups excluding carboxylic acids is 1. The van der Waals surface area contributed by atoms with Gasteiger partial charge in [-0.25, -0.2) is 13.4 Å². The van der Waals surface area contributed by atoms with Crippen LogP contribution in [-0.2, 0) is 22.9 Å². The van der Waals surface area contributed by atoms with Gasteiger partial charge in [0.2, 0.25) is 10.0 Å². The monoisotopic (exact) mass is 463 g/mol. The molecule has 31 heavy (non-hydrogen) atoms. The number of nitrogens with zero attached hydrogens (tertiary/aromatic N) is 2. The number of rotatable bonds is 5. The summed E-state index contributed by atoms with van der Waals surface area (Å²) in [6, 6.07) is 4.57. The summed E-state index contributed by atoms with van der Waals surface area (Å²) >= 11 is 1.52. The highest BCUT2D eigenvalue weighted by molar-refractivity contribution is 7.89. The number of thiazole rings is 1. The molecule has 1 N–H and O–H groups in total. The lowest BCUT2D eigenvalue weighted by atomic mass is 10.2. The number of aryl methyl sites for hydroxylation is 2. The second-order valence-corrected chi connectivity index (χ2v) is 11.1. The first-order valence-electron chi connectivity index (χ1n) is 11.0. The predicted octanol–water partition coefficient (Wildman–Crippen LogP) is 4.24. The number of hydrogen-bond donors (Lipinski definition) is 1. The summed E-state index contributed by atoms with van der Waals surface area (Å²) in [5.74, 6) is -0.111. The molecule has 0 atom stereocenters. The molecule has 4 rings (SSSR count). The van der Waals surface area contributed by atoms with Crippen LogP contribution in [0, 0.1) is 0 Å². The molecular weight excluding hydrogens is 434 g/mol. The zero-order valence-corrected chi connectivity index (χ0v) is 19.5. The Kier molecular flexibility index (Phi) is 6.93. The van der Waals surface area contributed by atoms with Crippen LogP contribution in [0.3, 0.4) is 0 Å². The summed E-state index contributed by atoms with van der Waals surface area (Å²) in [5, 5.41) is 3.43. The SMILES string of the molecule is COc1ccc(C(=O)Nc2nc3c(s2)CCCCC3)cc1S(=O)(=O)N1CCCCCC1. The largest absolute Gasteiger partial charge is 0.495 e. The molecule has 2 aromatic rings. The maximum absolute atomic E-state index is 13.3. The van der Waals surface area contributed by atoms with Gasteiger partial charge >= 0.3 is 0 Å². The fraction of sp³-hybridized carbons (Fsp3) is 0.545. The van der Waals surface area contributed by atoms with Crippen molar-refractivity contribution < 1.29 is 17.9 Å². The van der Waals surface area contributed by atoms with E-state index in [4.69, 9.17) is 4.74 Å². The highest BCUT2D eigenvalue weighted by Gasteiger charge is 2.29. The van der Waals surface area contributed by atoms with Gasteiger partial charge in [-0.05, 0) is 56.7 Å². The van der Waals surface area contributed by atoms with E-state index in [1.165, 1.54) is 40.1 Å². The third kappa shape index (κ3) is 4.94. The molecule has 1 aliphatic carbocycles. The number of benzene rings is 1. The Hall–Kier alpha value is -1.97. The summed E-state index contributed by atoms with van der Waals surface area (Å²) in [5.41, 5.74) is 1.36. The molecule has 1 saturated heterocycles. The molecule has 0 unspecified atom stereocenters. The molecule has 168 valence electrons. The molecule has 2 heterocycles. The number of ether oxygens (including phenoxy) is 1. The number of nitrogens with one attached hydrogen (secondary N) is 1. The molecule has 1 aromatic heterocycles. The van der Waals surface area contributed by atoms with Gasteiger partial charge < -0.3 is 4.74 Å². The van der Waals surface area contributed by atoms with Gasteiger partial charge in [-0.2, -0.15) is 4.31 Å². The lowest BCUT2D eigenvalue weighted by Gasteiger charge is -2.21. The highest BCUT2D eigenvalue weighted by Crippen LogP contribution is 2.31. The number of carbonyl (C=O) groups is 1. The maximum Gasteiger partial charge on any atom is 0.257 e. The Balaban J connectivity index is 1.58. The van der Waals surface area contributed by atoms with E-state index in [1.54, 1.807) is 12.1 Å². The van der Waals surface area contributed by atoms with E-state index in [0.29, 0.717) is 18.2 Å². The summed E-state index contributed by atoms with van der Waals surface area (Å²) in [6.45, 7) is 0.985. The van der Waals surface area contributed by atoms with Crippen molar-refractivity contribution >= 4 is 32.4 Å². The van der Waals surface area contributed by atoms with Crippen LogP contribution in [0.25, 0.3) is 0 Å². The number of aromatic nitrogens is 1. The Labute approximate surface area is 187 Å². The zero-order valence-electron chi connectivity index (χ0n) is 17.9. The summed E-state index contributed by atoms with van der Waals surface area (Å²) in [6.07, 6.45) is 9.19. The van der Waals surface area contributed by atoms with Crippen molar-refractivity contribution in [2.45, 2.75) is 62.7 Å². The van der Waals surface area contributed by atoms with Crippen LogP contribution in [0.2, 0.25) is 0 Å². The third-order valence-electron chi connectivity index (χ3n) is 5.92. The third-order valence-corrected chi connectivity index (χ3v) is 8.92. The molecular formula is C22H29N3O4S2. The quantitative estimate of drug-likeness (QED) is 0.670. The van der Waals surface area contributed by atoms with Gasteiger partial charge in [0.15, 0.2) is 5.13 Å². The Morgan fingerprint density at radius 2 is 1.77 bits per heavy atom. The van der Waals surface area contributed by atoms with Crippen LogP contribution in [-0.4, -0.2) is 43.8 Å². The fourth-order valence-electron chi connectivity index (χ4n) is 4.19. The van der Waals surface area contributed by atoms with Gasteiger partial charge in [0, 0.05) is 23.5 Å². The molecule has 0 bridgehead atoms. The van der Waals surface area contributed by atoms with Gasteiger partial charge in [-0.3, -0.25) is 10.1 Å². The molecule has 1 aromatic carbocycles. The van der Waals surface area contributed by atoms with Crippen LogP contribution >= 0.6 is 11.3 Å². The standard InChI is InChI=1S/C22H29N3O4S2/c1-29-18-12-11-16(15-20(18)31(27,28)25-13-7-2-3-8-14-25)21(26)24-22-23-17-9-5-4-6-10-19(17)30-22/h11-12,15H,2-10,13-14H2,1H3,(H,23,24,26). The van der Waals surface area contributed by atoms with Crippen molar-refractivity contribution in [3.63, 3.8) is 0 Å². The van der Waals surface area contributed by atoms with Gasteiger partial charge in [-0.15, -0.1) is 11.3 Å². The van der Waals surface area contributed by atoms with Crippen LogP contribution in [0.1, 0.15) is 65.9 Å². The second kappa shape index (κ2) is 9.67. The van der Waals surface area contributed by atoms with E-state index < -0.39 is 10.0 Å². The Morgan fingerprint density at radius 3 is 2.52 bits per heavy atom. The van der Waals surface area contributed by atoms with Gasteiger partial charge in [0.05, 0.1) is 12.8 Å².